The van der Waals surface area contributed by atoms with E-state index in [-0.39, 0.29) is 16.6 Å². The molecule has 0 radical (unpaired) electrons. The average Bonchev–Trinajstić information content (AvgIpc) is 3.34. The first-order chi connectivity index (χ1) is 18.0. The molecule has 3 heteroatoms. The summed E-state index contributed by atoms with van der Waals surface area (Å²) in [6, 6.07) is 28.7. The Kier molecular flexibility index (Phi) is 6.48. The van der Waals surface area contributed by atoms with E-state index in [4.69, 9.17) is 9.98 Å². The minimum Gasteiger partial charge on any atom is -0.289 e. The number of benzene rings is 3. The number of Topliss-reactive ketones (excluding diaryl/α,β-unsaturated/α-hetero) is 1. The molecule has 0 saturated carbocycles. The summed E-state index contributed by atoms with van der Waals surface area (Å²) in [4.78, 5) is 23.7. The lowest BCUT2D eigenvalue weighted by Gasteiger charge is -2.31. The van der Waals surface area contributed by atoms with E-state index in [1.54, 1.807) is 0 Å². The average molecular weight is 499 g/mol. The number of nitrogens with zero attached hydrogens (tertiary/aromatic N) is 2. The molecule has 0 N–H and O–H groups in total. The van der Waals surface area contributed by atoms with Gasteiger partial charge < -0.3 is 0 Å². The molecule has 0 saturated heterocycles. The second-order valence-electron chi connectivity index (χ2n) is 11.9. The predicted octanol–water partition coefficient (Wildman–Crippen LogP) is 6.42. The molecule has 1 aliphatic carbocycles. The van der Waals surface area contributed by atoms with Gasteiger partial charge in [0, 0.05) is 27.5 Å². The standard InChI is InChI=1S/C35H34N2O/c1-34(2,3)28-21-25(22-29(32(28)38)35(4,5)6)26-19-13-14-20-27(26)33-36-30(23-15-9-7-10-16-23)31(37-33)24-17-11-8-12-18-24/h7-22H,1-6H3. The van der Waals surface area contributed by atoms with Crippen LogP contribution in [0.3, 0.4) is 0 Å². The first-order valence-electron chi connectivity index (χ1n) is 13.2. The lowest BCUT2D eigenvalue weighted by Crippen LogP contribution is -2.32. The van der Waals surface area contributed by atoms with Crippen molar-refractivity contribution in [1.82, 2.24) is 0 Å². The number of allylic oxidation sites excluding steroid dienone is 4. The van der Waals surface area contributed by atoms with E-state index < -0.39 is 0 Å². The van der Waals surface area contributed by atoms with Crippen LogP contribution < -0.4 is 10.4 Å². The van der Waals surface area contributed by atoms with Crippen LogP contribution in [-0.2, 0) is 4.79 Å². The van der Waals surface area contributed by atoms with Gasteiger partial charge >= 0.3 is 0 Å². The molecule has 38 heavy (non-hydrogen) atoms. The van der Waals surface area contributed by atoms with Crippen LogP contribution in [0.1, 0.15) is 52.7 Å². The molecule has 2 aliphatic rings. The number of ketones is 1. The number of aliphatic imine (C=N–C) groups is 2. The van der Waals surface area contributed by atoms with E-state index in [9.17, 15) is 4.79 Å². The molecule has 0 amide bonds. The molecule has 0 spiro atoms. The topological polar surface area (TPSA) is 41.8 Å². The van der Waals surface area contributed by atoms with Crippen LogP contribution >= 0.6 is 0 Å². The van der Waals surface area contributed by atoms with Crippen LogP contribution in [-0.4, -0.2) is 17.2 Å². The minimum atomic E-state index is -0.278. The Balaban J connectivity index is 1.85. The molecule has 5 rings (SSSR count). The fourth-order valence-corrected chi connectivity index (χ4v) is 4.89. The highest BCUT2D eigenvalue weighted by Crippen LogP contribution is 2.38. The largest absolute Gasteiger partial charge is 0.289 e. The van der Waals surface area contributed by atoms with Crippen molar-refractivity contribution in [2.75, 3.05) is 0 Å². The van der Waals surface area contributed by atoms with E-state index in [2.05, 4.69) is 90.1 Å². The van der Waals surface area contributed by atoms with Crippen LogP contribution in [0, 0.1) is 10.8 Å². The zero-order chi connectivity index (χ0) is 27.1. The molecule has 1 heterocycles. The predicted molar refractivity (Wildman–Crippen MR) is 159 cm³/mol. The van der Waals surface area contributed by atoms with Gasteiger partial charge in [-0.1, -0.05) is 126 Å². The summed E-state index contributed by atoms with van der Waals surface area (Å²) >= 11 is 0. The van der Waals surface area contributed by atoms with Crippen molar-refractivity contribution in [1.29, 1.82) is 0 Å². The number of rotatable bonds is 2. The fraction of sp³-hybridized carbons (Fsp3) is 0.229. The van der Waals surface area contributed by atoms with E-state index in [1.807, 2.05) is 48.5 Å². The smallest absolute Gasteiger partial charge is 0.186 e. The molecule has 190 valence electrons. The van der Waals surface area contributed by atoms with Gasteiger partial charge in [-0.15, -0.1) is 0 Å². The fourth-order valence-electron chi connectivity index (χ4n) is 4.89. The zero-order valence-electron chi connectivity index (χ0n) is 23.0. The SMILES string of the molecule is CC(C)(C)C1=CC(=c2ccccc2=C2N=C(c3ccccc3)C(c3ccccc3)=N2)C=C(C(C)(C)C)C1=O. The van der Waals surface area contributed by atoms with E-state index in [0.29, 0.717) is 5.82 Å². The molecule has 3 aromatic carbocycles. The van der Waals surface area contributed by atoms with Crippen LogP contribution in [0.4, 0.5) is 0 Å². The van der Waals surface area contributed by atoms with Gasteiger partial charge in [0.05, 0.1) is 11.4 Å². The molecule has 0 bridgehead atoms. The normalized spacial score (nSPS) is 16.2. The number of carbonyl (C=O) groups excluding carboxylic acids is 1. The van der Waals surface area contributed by atoms with Crippen molar-refractivity contribution in [2.24, 2.45) is 20.8 Å². The van der Waals surface area contributed by atoms with Crippen molar-refractivity contribution >= 4 is 28.6 Å². The Morgan fingerprint density at radius 3 is 1.34 bits per heavy atom. The van der Waals surface area contributed by atoms with Gasteiger partial charge in [0.1, 0.15) is 0 Å². The van der Waals surface area contributed by atoms with Gasteiger partial charge in [0.15, 0.2) is 11.6 Å². The van der Waals surface area contributed by atoms with E-state index in [1.165, 1.54) is 0 Å². The number of hydrogen-bond donors (Lipinski definition) is 0. The summed E-state index contributed by atoms with van der Waals surface area (Å²) in [6.07, 6.45) is 4.13. The van der Waals surface area contributed by atoms with Gasteiger partial charge in [0.2, 0.25) is 0 Å². The molecule has 3 nitrogen and oxygen atoms in total. The highest BCUT2D eigenvalue weighted by molar-refractivity contribution is 6.56. The Labute approximate surface area is 225 Å². The zero-order valence-corrected chi connectivity index (χ0v) is 23.0. The molecule has 1 aliphatic heterocycles. The molecule has 3 aromatic rings. The lowest BCUT2D eigenvalue weighted by molar-refractivity contribution is -0.114. The van der Waals surface area contributed by atoms with Crippen LogP contribution in [0.25, 0.3) is 11.4 Å². The molecule has 0 unspecified atom stereocenters. The molecular weight excluding hydrogens is 464 g/mol. The van der Waals surface area contributed by atoms with Gasteiger partial charge in [-0.3, -0.25) is 4.79 Å². The Hall–Kier alpha value is -4.11. The lowest BCUT2D eigenvalue weighted by atomic mass is 9.71. The van der Waals surface area contributed by atoms with Crippen molar-refractivity contribution < 1.29 is 4.79 Å². The second kappa shape index (κ2) is 9.64. The Morgan fingerprint density at radius 2 is 0.921 bits per heavy atom. The third-order valence-corrected chi connectivity index (χ3v) is 6.94. The summed E-state index contributed by atoms with van der Waals surface area (Å²) in [5.74, 6) is 0.813. The Bertz CT molecular complexity index is 1560. The third kappa shape index (κ3) is 4.89. The van der Waals surface area contributed by atoms with E-state index in [0.717, 1.165) is 49.7 Å². The summed E-state index contributed by atoms with van der Waals surface area (Å²) in [6.45, 7) is 12.6. The molecule has 0 atom stereocenters. The highest BCUT2D eigenvalue weighted by atomic mass is 16.1. The van der Waals surface area contributed by atoms with Gasteiger partial charge in [-0.2, -0.15) is 0 Å². The summed E-state index contributed by atoms with van der Waals surface area (Å²) in [5, 5.41) is 1.97. The first-order valence-corrected chi connectivity index (χ1v) is 13.2. The van der Waals surface area contributed by atoms with Gasteiger partial charge in [-0.05, 0) is 33.8 Å². The minimum absolute atomic E-state index is 0.133. The summed E-state index contributed by atoms with van der Waals surface area (Å²) in [5.41, 5.74) is 5.90. The van der Waals surface area contributed by atoms with Crippen LogP contribution in [0.5, 0.6) is 0 Å². The number of hydrogen-bond acceptors (Lipinski definition) is 3. The van der Waals surface area contributed by atoms with Crippen molar-refractivity contribution in [3.63, 3.8) is 0 Å². The molecule has 0 aromatic heterocycles. The van der Waals surface area contributed by atoms with Crippen LogP contribution in [0.2, 0.25) is 0 Å². The molecule has 0 fully saturated rings. The third-order valence-electron chi connectivity index (χ3n) is 6.94. The van der Waals surface area contributed by atoms with E-state index >= 15 is 0 Å². The van der Waals surface area contributed by atoms with Crippen molar-refractivity contribution in [3.05, 3.63) is 130 Å². The van der Waals surface area contributed by atoms with Crippen molar-refractivity contribution in [3.8, 4) is 0 Å². The van der Waals surface area contributed by atoms with Gasteiger partial charge in [-0.25, -0.2) is 9.98 Å². The first kappa shape index (κ1) is 25.5. The number of carbonyl (C=O) groups is 1. The van der Waals surface area contributed by atoms with Gasteiger partial charge in [0.25, 0.3) is 0 Å². The monoisotopic (exact) mass is 498 g/mol. The summed E-state index contributed by atoms with van der Waals surface area (Å²) < 4.78 is 0. The van der Waals surface area contributed by atoms with Crippen LogP contribution in [0.15, 0.2) is 118 Å². The summed E-state index contributed by atoms with van der Waals surface area (Å²) in [7, 11) is 0. The second-order valence-corrected chi connectivity index (χ2v) is 11.9. The Morgan fingerprint density at radius 1 is 0.526 bits per heavy atom. The maximum absolute atomic E-state index is 13.5. The maximum atomic E-state index is 13.5. The molecular formula is C35H34N2O. The maximum Gasteiger partial charge on any atom is 0.186 e. The van der Waals surface area contributed by atoms with Crippen molar-refractivity contribution in [2.45, 2.75) is 41.5 Å². The highest BCUT2D eigenvalue weighted by Gasteiger charge is 2.34. The quantitative estimate of drug-likeness (QED) is 0.402.